The van der Waals surface area contributed by atoms with Crippen molar-refractivity contribution >= 4 is 27.9 Å². The molecule has 0 N–H and O–H groups in total. The van der Waals surface area contributed by atoms with Gasteiger partial charge in [0.05, 0.1) is 0 Å². The van der Waals surface area contributed by atoms with Crippen LogP contribution in [0.4, 0.5) is 0 Å². The lowest BCUT2D eigenvalue weighted by Gasteiger charge is -2.04. The SMILES string of the molecule is CCCCCCCCCCCCCCCCCCCCSSCCC=O. The van der Waals surface area contributed by atoms with Gasteiger partial charge >= 0.3 is 0 Å². The third kappa shape index (κ3) is 24.4. The average Bonchev–Trinajstić information content (AvgIpc) is 2.66. The van der Waals surface area contributed by atoms with E-state index in [1.165, 1.54) is 121 Å². The molecule has 0 aromatic heterocycles. The maximum Gasteiger partial charge on any atom is 0.120 e. The van der Waals surface area contributed by atoms with E-state index in [9.17, 15) is 4.79 Å². The highest BCUT2D eigenvalue weighted by Gasteiger charge is 1.95. The highest BCUT2D eigenvalue weighted by atomic mass is 33.1. The second-order valence-corrected chi connectivity index (χ2v) is 10.3. The first-order chi connectivity index (χ1) is 12.9. The molecule has 26 heavy (non-hydrogen) atoms. The summed E-state index contributed by atoms with van der Waals surface area (Å²) in [5.74, 6) is 2.23. The van der Waals surface area contributed by atoms with Gasteiger partial charge in [-0.3, -0.25) is 0 Å². The Morgan fingerprint density at radius 2 is 0.846 bits per heavy atom. The fourth-order valence-corrected chi connectivity index (χ4v) is 5.38. The van der Waals surface area contributed by atoms with Crippen molar-refractivity contribution < 1.29 is 4.79 Å². The maximum atomic E-state index is 10.2. The molecule has 0 aliphatic rings. The minimum Gasteiger partial charge on any atom is -0.303 e. The van der Waals surface area contributed by atoms with Crippen molar-refractivity contribution in [2.24, 2.45) is 0 Å². The molecule has 0 rings (SSSR count). The largest absolute Gasteiger partial charge is 0.303 e. The van der Waals surface area contributed by atoms with E-state index in [1.807, 2.05) is 21.6 Å². The Labute approximate surface area is 173 Å². The van der Waals surface area contributed by atoms with Crippen LogP contribution < -0.4 is 0 Å². The van der Waals surface area contributed by atoms with Crippen LogP contribution in [0, 0.1) is 0 Å². The lowest BCUT2D eigenvalue weighted by molar-refractivity contribution is -0.107. The summed E-state index contributed by atoms with van der Waals surface area (Å²) in [7, 11) is 3.79. The van der Waals surface area contributed by atoms with E-state index >= 15 is 0 Å². The Balaban J connectivity index is 2.96. The number of aldehydes is 1. The van der Waals surface area contributed by atoms with Gasteiger partial charge in [0.15, 0.2) is 0 Å². The van der Waals surface area contributed by atoms with E-state index in [2.05, 4.69) is 6.92 Å². The highest BCUT2D eigenvalue weighted by molar-refractivity contribution is 8.76. The Kier molecular flexibility index (Phi) is 25.7. The van der Waals surface area contributed by atoms with Crippen molar-refractivity contribution in [2.75, 3.05) is 11.5 Å². The molecule has 0 bridgehead atoms. The fourth-order valence-electron chi connectivity index (χ4n) is 3.28. The van der Waals surface area contributed by atoms with Gasteiger partial charge in [-0.05, 0) is 6.42 Å². The van der Waals surface area contributed by atoms with Gasteiger partial charge in [-0.2, -0.15) is 0 Å². The van der Waals surface area contributed by atoms with Crippen LogP contribution in [0.1, 0.15) is 129 Å². The van der Waals surface area contributed by atoms with E-state index < -0.39 is 0 Å². The zero-order valence-corrected chi connectivity index (χ0v) is 19.3. The van der Waals surface area contributed by atoms with Gasteiger partial charge in [0.25, 0.3) is 0 Å². The van der Waals surface area contributed by atoms with Gasteiger partial charge in [-0.1, -0.05) is 138 Å². The first-order valence-electron chi connectivity index (χ1n) is 11.6. The summed E-state index contributed by atoms with van der Waals surface area (Å²) in [5.41, 5.74) is 0. The molecule has 1 nitrogen and oxygen atoms in total. The van der Waals surface area contributed by atoms with E-state index in [1.54, 1.807) is 0 Å². The van der Waals surface area contributed by atoms with Crippen molar-refractivity contribution in [1.29, 1.82) is 0 Å². The zero-order valence-electron chi connectivity index (χ0n) is 17.7. The van der Waals surface area contributed by atoms with E-state index in [0.717, 1.165) is 12.0 Å². The van der Waals surface area contributed by atoms with Crippen molar-refractivity contribution in [1.82, 2.24) is 0 Å². The molecule has 0 fully saturated rings. The predicted octanol–water partition coefficient (Wildman–Crippen LogP) is 9.00. The quantitative estimate of drug-likeness (QED) is 0.0963. The Bertz CT molecular complexity index is 259. The second kappa shape index (κ2) is 25.4. The molecule has 0 heterocycles. The first-order valence-corrected chi connectivity index (χ1v) is 14.1. The number of rotatable bonds is 23. The average molecular weight is 403 g/mol. The standard InChI is InChI=1S/C23H46OS2/c1-2-3-4-5-6-7-8-9-10-11-12-13-14-15-16-17-18-19-22-25-26-23-20-21-24/h21H,2-20,22-23H2,1H3. The van der Waals surface area contributed by atoms with Gasteiger partial charge < -0.3 is 4.79 Å². The Hall–Kier alpha value is 0.370. The van der Waals surface area contributed by atoms with Crippen LogP contribution in [-0.4, -0.2) is 17.8 Å². The molecule has 0 unspecified atom stereocenters. The molecule has 0 aromatic carbocycles. The van der Waals surface area contributed by atoms with Gasteiger partial charge in [0.2, 0.25) is 0 Å². The number of carbonyl (C=O) groups is 1. The molecule has 3 heteroatoms. The summed E-state index contributed by atoms with van der Waals surface area (Å²) in [6, 6.07) is 0. The second-order valence-electron chi connectivity index (χ2n) is 7.61. The number of hydrogen-bond acceptors (Lipinski definition) is 3. The van der Waals surface area contributed by atoms with Gasteiger partial charge in [-0.15, -0.1) is 0 Å². The molecule has 156 valence electrons. The maximum absolute atomic E-state index is 10.2. The summed E-state index contributed by atoms with van der Waals surface area (Å²) in [6.07, 6.45) is 27.7. The van der Waals surface area contributed by atoms with Crippen molar-refractivity contribution in [3.63, 3.8) is 0 Å². The van der Waals surface area contributed by atoms with E-state index in [0.29, 0.717) is 6.42 Å². The van der Waals surface area contributed by atoms with Crippen LogP contribution in [0.2, 0.25) is 0 Å². The molecule has 0 atom stereocenters. The van der Waals surface area contributed by atoms with Crippen LogP contribution >= 0.6 is 21.6 Å². The van der Waals surface area contributed by atoms with E-state index in [4.69, 9.17) is 0 Å². The minimum absolute atomic E-state index is 0.705. The summed E-state index contributed by atoms with van der Waals surface area (Å²) in [4.78, 5) is 10.2. The molecule has 0 aliphatic carbocycles. The van der Waals surface area contributed by atoms with Gasteiger partial charge in [-0.25, -0.2) is 0 Å². The normalized spacial score (nSPS) is 11.1. The monoisotopic (exact) mass is 402 g/mol. The van der Waals surface area contributed by atoms with Crippen LogP contribution in [0.15, 0.2) is 0 Å². The molecule has 0 saturated heterocycles. The van der Waals surface area contributed by atoms with Crippen molar-refractivity contribution in [3.8, 4) is 0 Å². The molecule has 0 spiro atoms. The number of hydrogen-bond donors (Lipinski definition) is 0. The predicted molar refractivity (Wildman–Crippen MR) is 124 cm³/mol. The molecule has 0 aromatic rings. The molecule has 0 amide bonds. The molecule has 0 aliphatic heterocycles. The van der Waals surface area contributed by atoms with Crippen LogP contribution in [0.3, 0.4) is 0 Å². The summed E-state index contributed by atoms with van der Waals surface area (Å²) in [5, 5.41) is 0. The van der Waals surface area contributed by atoms with Gasteiger partial charge in [0, 0.05) is 17.9 Å². The Morgan fingerprint density at radius 1 is 0.500 bits per heavy atom. The molecule has 0 saturated carbocycles. The third-order valence-electron chi connectivity index (χ3n) is 4.98. The minimum atomic E-state index is 0.705. The van der Waals surface area contributed by atoms with Gasteiger partial charge in [0.1, 0.15) is 6.29 Å². The summed E-state index contributed by atoms with van der Waals surface area (Å²) >= 11 is 0. The molecular formula is C23H46OS2. The fraction of sp³-hybridized carbons (Fsp3) is 0.957. The summed E-state index contributed by atoms with van der Waals surface area (Å²) < 4.78 is 0. The topological polar surface area (TPSA) is 17.1 Å². The lowest BCUT2D eigenvalue weighted by Crippen LogP contribution is -1.84. The van der Waals surface area contributed by atoms with Crippen LogP contribution in [0.5, 0.6) is 0 Å². The van der Waals surface area contributed by atoms with Crippen molar-refractivity contribution in [3.05, 3.63) is 0 Å². The smallest absolute Gasteiger partial charge is 0.120 e. The first kappa shape index (κ1) is 26.4. The molecule has 0 radical (unpaired) electrons. The summed E-state index contributed by atoms with van der Waals surface area (Å²) in [6.45, 7) is 2.29. The van der Waals surface area contributed by atoms with Crippen LogP contribution in [-0.2, 0) is 4.79 Å². The zero-order chi connectivity index (χ0) is 19.0. The van der Waals surface area contributed by atoms with Crippen molar-refractivity contribution in [2.45, 2.75) is 129 Å². The Morgan fingerprint density at radius 3 is 1.23 bits per heavy atom. The number of carbonyl (C=O) groups excluding carboxylic acids is 1. The number of unbranched alkanes of at least 4 members (excludes halogenated alkanes) is 17. The third-order valence-corrected chi connectivity index (χ3v) is 7.51. The van der Waals surface area contributed by atoms with Crippen LogP contribution in [0.25, 0.3) is 0 Å². The molecular weight excluding hydrogens is 356 g/mol. The van der Waals surface area contributed by atoms with E-state index in [-0.39, 0.29) is 0 Å². The lowest BCUT2D eigenvalue weighted by atomic mass is 10.0. The highest BCUT2D eigenvalue weighted by Crippen LogP contribution is 2.23.